The highest BCUT2D eigenvalue weighted by Gasteiger charge is 2.18. The first-order valence-corrected chi connectivity index (χ1v) is 5.60. The smallest absolute Gasteiger partial charge is 0.0891 e. The van der Waals surface area contributed by atoms with Gasteiger partial charge in [-0.1, -0.05) is 30.3 Å². The van der Waals surface area contributed by atoms with Crippen molar-refractivity contribution in [3.8, 4) is 0 Å². The second-order valence-corrected chi connectivity index (χ2v) is 4.22. The lowest BCUT2D eigenvalue weighted by atomic mass is 10.0. The van der Waals surface area contributed by atoms with E-state index in [1.807, 2.05) is 0 Å². The van der Waals surface area contributed by atoms with Gasteiger partial charge in [-0.2, -0.15) is 7.05 Å². The van der Waals surface area contributed by atoms with Crippen LogP contribution in [0.1, 0.15) is 37.3 Å². The van der Waals surface area contributed by atoms with Gasteiger partial charge in [-0.3, -0.25) is 0 Å². The Morgan fingerprint density at radius 2 is 1.86 bits per heavy atom. The van der Waals surface area contributed by atoms with Gasteiger partial charge < -0.3 is 4.90 Å². The van der Waals surface area contributed by atoms with Crippen molar-refractivity contribution < 1.29 is 4.90 Å². The topological polar surface area (TPSA) is 4.44 Å². The molecule has 0 saturated carbocycles. The van der Waals surface area contributed by atoms with Gasteiger partial charge in [-0.05, 0) is 19.3 Å². The van der Waals surface area contributed by atoms with E-state index in [0.717, 1.165) is 0 Å². The molecule has 1 aromatic rings. The predicted molar refractivity (Wildman–Crippen MR) is 58.8 cm³/mol. The molecule has 0 spiro atoms. The van der Waals surface area contributed by atoms with Crippen molar-refractivity contribution in [2.75, 3.05) is 6.54 Å². The summed E-state index contributed by atoms with van der Waals surface area (Å²) >= 11 is 0. The van der Waals surface area contributed by atoms with E-state index >= 15 is 0 Å². The molecular formula is C13H19N. The Labute approximate surface area is 86.7 Å². The molecule has 0 aliphatic carbocycles. The van der Waals surface area contributed by atoms with E-state index in [1.165, 1.54) is 42.7 Å². The van der Waals surface area contributed by atoms with E-state index < -0.39 is 0 Å². The Balaban J connectivity index is 2.15. The van der Waals surface area contributed by atoms with Crippen LogP contribution >= 0.6 is 0 Å². The Morgan fingerprint density at radius 3 is 2.64 bits per heavy atom. The summed E-state index contributed by atoms with van der Waals surface area (Å²) in [4.78, 5) is 1.44. The molecule has 0 bridgehead atoms. The highest BCUT2D eigenvalue weighted by molar-refractivity contribution is 5.17. The lowest BCUT2D eigenvalue weighted by molar-refractivity contribution is -0.886. The fourth-order valence-corrected chi connectivity index (χ4v) is 2.34. The van der Waals surface area contributed by atoms with Gasteiger partial charge in [0.25, 0.3) is 0 Å². The molecule has 1 fully saturated rings. The third-order valence-electron chi connectivity index (χ3n) is 3.19. The van der Waals surface area contributed by atoms with Crippen molar-refractivity contribution >= 4 is 0 Å². The fraction of sp³-hybridized carbons (Fsp3) is 0.462. The Kier molecular flexibility index (Phi) is 3.20. The van der Waals surface area contributed by atoms with Gasteiger partial charge >= 0.3 is 0 Å². The monoisotopic (exact) mass is 189 g/mol. The van der Waals surface area contributed by atoms with Crippen LogP contribution in [0.3, 0.4) is 0 Å². The molecular weight excluding hydrogens is 170 g/mol. The maximum absolute atomic E-state index is 4.23. The summed E-state index contributed by atoms with van der Waals surface area (Å²) < 4.78 is 0. The van der Waals surface area contributed by atoms with Gasteiger partial charge in [0.05, 0.1) is 12.6 Å². The van der Waals surface area contributed by atoms with Crippen molar-refractivity contribution in [1.29, 1.82) is 0 Å². The van der Waals surface area contributed by atoms with Crippen LogP contribution < -0.4 is 4.90 Å². The lowest BCUT2D eigenvalue weighted by Gasteiger charge is -2.29. The number of nitrogens with one attached hydrogen (secondary N) is 1. The summed E-state index contributed by atoms with van der Waals surface area (Å²) in [6, 6.07) is 11.4. The average Bonchev–Trinajstić information content (AvgIpc) is 2.44. The highest BCUT2D eigenvalue weighted by atomic mass is 15.1. The summed E-state index contributed by atoms with van der Waals surface area (Å²) in [6.45, 7) is 1.22. The van der Waals surface area contributed by atoms with Gasteiger partial charge in [0.2, 0.25) is 0 Å². The van der Waals surface area contributed by atoms with E-state index in [9.17, 15) is 0 Å². The van der Waals surface area contributed by atoms with Crippen LogP contribution in [0.5, 0.6) is 0 Å². The summed E-state index contributed by atoms with van der Waals surface area (Å²) in [6.07, 6.45) is 5.37. The maximum atomic E-state index is 4.23. The summed E-state index contributed by atoms with van der Waals surface area (Å²) in [7, 11) is 4.23. The van der Waals surface area contributed by atoms with Crippen LogP contribution in [0.15, 0.2) is 30.3 Å². The number of hydrogen-bond acceptors (Lipinski definition) is 0. The minimum atomic E-state index is 0.624. The zero-order valence-corrected chi connectivity index (χ0v) is 8.71. The Morgan fingerprint density at radius 1 is 1.07 bits per heavy atom. The number of rotatable bonds is 1. The van der Waals surface area contributed by atoms with Crippen LogP contribution in [-0.2, 0) is 0 Å². The molecule has 0 aromatic heterocycles. The van der Waals surface area contributed by atoms with E-state index in [4.69, 9.17) is 0 Å². The molecule has 2 rings (SSSR count). The second-order valence-electron chi connectivity index (χ2n) is 4.22. The van der Waals surface area contributed by atoms with Crippen LogP contribution in [-0.4, -0.2) is 6.54 Å². The van der Waals surface area contributed by atoms with Crippen LogP contribution in [0.25, 0.3) is 0 Å². The van der Waals surface area contributed by atoms with Crippen LogP contribution in [0.4, 0.5) is 0 Å². The average molecular weight is 189 g/mol. The van der Waals surface area contributed by atoms with Gasteiger partial charge in [0, 0.05) is 12.0 Å². The summed E-state index contributed by atoms with van der Waals surface area (Å²) in [5, 5.41) is 0. The van der Waals surface area contributed by atoms with Gasteiger partial charge in [0.1, 0.15) is 0 Å². The van der Waals surface area contributed by atoms with Crippen LogP contribution in [0.2, 0.25) is 0 Å². The molecule has 1 N–H and O–H groups in total. The zero-order chi connectivity index (χ0) is 9.80. The maximum Gasteiger partial charge on any atom is 0.0891 e. The SMILES string of the molecule is [CH2-][NH+]1CCCCCC1c1ccccc1. The highest BCUT2D eigenvalue weighted by Crippen LogP contribution is 2.18. The molecule has 76 valence electrons. The van der Waals surface area contributed by atoms with E-state index in [-0.39, 0.29) is 0 Å². The molecule has 1 saturated heterocycles. The van der Waals surface area contributed by atoms with Crippen LogP contribution in [0, 0.1) is 7.05 Å². The zero-order valence-electron chi connectivity index (χ0n) is 8.71. The van der Waals surface area contributed by atoms with E-state index in [1.54, 1.807) is 0 Å². The minimum Gasteiger partial charge on any atom is -0.462 e. The lowest BCUT2D eigenvalue weighted by Crippen LogP contribution is -3.07. The molecule has 2 unspecified atom stereocenters. The number of quaternary nitrogens is 1. The largest absolute Gasteiger partial charge is 0.462 e. The molecule has 1 heteroatoms. The van der Waals surface area contributed by atoms with Gasteiger partial charge in [-0.25, -0.2) is 0 Å². The van der Waals surface area contributed by atoms with Crippen molar-refractivity contribution in [2.24, 2.45) is 0 Å². The second kappa shape index (κ2) is 4.61. The number of hydrogen-bond donors (Lipinski definition) is 1. The molecule has 1 aromatic carbocycles. The quantitative estimate of drug-likeness (QED) is 0.644. The number of likely N-dealkylation sites (tertiary alicyclic amines) is 1. The number of benzene rings is 1. The predicted octanol–water partition coefficient (Wildman–Crippen LogP) is 1.98. The molecule has 1 aliphatic heterocycles. The molecule has 14 heavy (non-hydrogen) atoms. The minimum absolute atomic E-state index is 0.624. The molecule has 0 amide bonds. The first kappa shape index (κ1) is 9.72. The van der Waals surface area contributed by atoms with E-state index in [2.05, 4.69) is 37.4 Å². The van der Waals surface area contributed by atoms with Crippen molar-refractivity contribution in [3.05, 3.63) is 42.9 Å². The first-order valence-electron chi connectivity index (χ1n) is 5.60. The van der Waals surface area contributed by atoms with Gasteiger partial charge in [-0.15, -0.1) is 0 Å². The molecule has 1 heterocycles. The Bertz CT molecular complexity index is 268. The van der Waals surface area contributed by atoms with E-state index in [0.29, 0.717) is 6.04 Å². The summed E-state index contributed by atoms with van der Waals surface area (Å²) in [5.41, 5.74) is 1.46. The third kappa shape index (κ3) is 2.16. The Hall–Kier alpha value is -0.820. The standard InChI is InChI=1S/C13H19N/c1-14-11-7-3-6-10-13(14)12-8-4-2-5-9-12/h2,4-5,8-9,13-14H,1,3,6-7,10-11H2. The summed E-state index contributed by atoms with van der Waals surface area (Å²) in [5.74, 6) is 0. The fourth-order valence-electron chi connectivity index (χ4n) is 2.34. The van der Waals surface area contributed by atoms with Crippen molar-refractivity contribution in [3.63, 3.8) is 0 Å². The molecule has 1 nitrogen and oxygen atoms in total. The van der Waals surface area contributed by atoms with Crippen molar-refractivity contribution in [1.82, 2.24) is 0 Å². The van der Waals surface area contributed by atoms with Gasteiger partial charge in [0.15, 0.2) is 0 Å². The normalized spacial score (nSPS) is 28.4. The first-order chi connectivity index (χ1) is 6.88. The molecule has 2 atom stereocenters. The molecule has 1 aliphatic rings. The van der Waals surface area contributed by atoms with Crippen molar-refractivity contribution in [2.45, 2.75) is 31.7 Å². The molecule has 0 radical (unpaired) electrons. The third-order valence-corrected chi connectivity index (χ3v) is 3.19.